The lowest BCUT2D eigenvalue weighted by molar-refractivity contribution is -0.164. The minimum absolute atomic E-state index is 0.143. The summed E-state index contributed by atoms with van der Waals surface area (Å²) in [5, 5.41) is 0. The Morgan fingerprint density at radius 2 is 1.10 bits per heavy atom. The monoisotopic (exact) mass is 412 g/mol. The van der Waals surface area contributed by atoms with Gasteiger partial charge in [-0.3, -0.25) is 9.59 Å². The molecule has 0 unspecified atom stereocenters. The van der Waals surface area contributed by atoms with Crippen molar-refractivity contribution in [3.8, 4) is 23.0 Å². The van der Waals surface area contributed by atoms with Gasteiger partial charge in [0.25, 0.3) is 0 Å². The number of carbonyl (C=O) groups excluding carboxylic acids is 2. The van der Waals surface area contributed by atoms with Crippen LogP contribution in [0.5, 0.6) is 23.0 Å². The highest BCUT2D eigenvalue weighted by molar-refractivity contribution is 5.85. The van der Waals surface area contributed by atoms with Crippen molar-refractivity contribution in [2.24, 2.45) is 11.8 Å². The van der Waals surface area contributed by atoms with E-state index in [1.54, 1.807) is 12.1 Å². The highest BCUT2D eigenvalue weighted by Crippen LogP contribution is 2.59. The second-order valence-corrected chi connectivity index (χ2v) is 7.37. The molecular weight excluding hydrogens is 392 g/mol. The molecule has 0 saturated heterocycles. The number of hydrogen-bond acceptors (Lipinski definition) is 8. The Balaban J connectivity index is 1.57. The van der Waals surface area contributed by atoms with Gasteiger partial charge in [0.15, 0.2) is 23.0 Å². The number of esters is 2. The first-order valence-electron chi connectivity index (χ1n) is 9.57. The van der Waals surface area contributed by atoms with E-state index in [4.69, 9.17) is 28.4 Å². The fraction of sp³-hybridized carbons (Fsp3) is 0.364. The highest BCUT2D eigenvalue weighted by atomic mass is 16.7. The molecule has 2 aromatic rings. The number of carbonyl (C=O) groups is 2. The maximum Gasteiger partial charge on any atom is 0.309 e. The summed E-state index contributed by atoms with van der Waals surface area (Å²) in [7, 11) is 2.70. The van der Waals surface area contributed by atoms with Crippen molar-refractivity contribution in [1.82, 2.24) is 0 Å². The Kier molecular flexibility index (Phi) is 4.42. The van der Waals surface area contributed by atoms with E-state index in [9.17, 15) is 9.59 Å². The lowest BCUT2D eigenvalue weighted by Gasteiger charge is -2.49. The molecule has 0 bridgehead atoms. The van der Waals surface area contributed by atoms with Gasteiger partial charge in [-0.2, -0.15) is 0 Å². The Labute approximate surface area is 172 Å². The van der Waals surface area contributed by atoms with Crippen LogP contribution in [0.15, 0.2) is 36.4 Å². The molecule has 3 aliphatic rings. The molecule has 1 aliphatic carbocycles. The fourth-order valence-corrected chi connectivity index (χ4v) is 4.68. The van der Waals surface area contributed by atoms with Gasteiger partial charge in [0, 0.05) is 11.8 Å². The van der Waals surface area contributed by atoms with Crippen molar-refractivity contribution in [2.75, 3.05) is 27.8 Å². The molecule has 8 nitrogen and oxygen atoms in total. The summed E-state index contributed by atoms with van der Waals surface area (Å²) in [6.07, 6.45) is 0. The summed E-state index contributed by atoms with van der Waals surface area (Å²) >= 11 is 0. The molecule has 0 spiro atoms. The van der Waals surface area contributed by atoms with Crippen molar-refractivity contribution in [3.63, 3.8) is 0 Å². The zero-order valence-electron chi connectivity index (χ0n) is 16.5. The predicted octanol–water partition coefficient (Wildman–Crippen LogP) is 2.60. The molecule has 0 atom stereocenters. The summed E-state index contributed by atoms with van der Waals surface area (Å²) in [5.41, 5.74) is 1.59. The van der Waals surface area contributed by atoms with Gasteiger partial charge in [-0.05, 0) is 35.4 Å². The zero-order valence-corrected chi connectivity index (χ0v) is 16.5. The Morgan fingerprint density at radius 1 is 0.700 bits per heavy atom. The van der Waals surface area contributed by atoms with E-state index in [-0.39, 0.29) is 25.5 Å². The van der Waals surface area contributed by atoms with Crippen molar-refractivity contribution in [2.45, 2.75) is 11.8 Å². The van der Waals surface area contributed by atoms with Gasteiger partial charge in [-0.25, -0.2) is 0 Å². The highest BCUT2D eigenvalue weighted by Gasteiger charge is 2.59. The average molecular weight is 412 g/mol. The quantitative estimate of drug-likeness (QED) is 0.708. The summed E-state index contributed by atoms with van der Waals surface area (Å²) in [5.74, 6) is -0.313. The van der Waals surface area contributed by atoms with Crippen LogP contribution in [0.25, 0.3) is 0 Å². The van der Waals surface area contributed by atoms with Crippen molar-refractivity contribution >= 4 is 11.9 Å². The number of rotatable bonds is 4. The van der Waals surface area contributed by atoms with Crippen LogP contribution in [0.4, 0.5) is 0 Å². The fourth-order valence-electron chi connectivity index (χ4n) is 4.68. The molecular formula is C22H20O8. The first-order chi connectivity index (χ1) is 14.6. The van der Waals surface area contributed by atoms with Crippen LogP contribution < -0.4 is 18.9 Å². The molecule has 2 heterocycles. The van der Waals surface area contributed by atoms with Gasteiger partial charge < -0.3 is 28.4 Å². The minimum Gasteiger partial charge on any atom is -0.469 e. The van der Waals surface area contributed by atoms with Crippen molar-refractivity contribution in [1.29, 1.82) is 0 Å². The third kappa shape index (κ3) is 2.74. The molecule has 0 N–H and O–H groups in total. The summed E-state index contributed by atoms with van der Waals surface area (Å²) in [6, 6.07) is 10.9. The third-order valence-electron chi connectivity index (χ3n) is 6.06. The lowest BCUT2D eigenvalue weighted by Crippen LogP contribution is -2.51. The average Bonchev–Trinajstić information content (AvgIpc) is 3.41. The molecule has 156 valence electrons. The molecule has 8 heteroatoms. The predicted molar refractivity (Wildman–Crippen MR) is 102 cm³/mol. The van der Waals surface area contributed by atoms with Gasteiger partial charge in [-0.15, -0.1) is 0 Å². The second kappa shape index (κ2) is 7.12. The molecule has 5 rings (SSSR count). The van der Waals surface area contributed by atoms with Crippen LogP contribution in [-0.4, -0.2) is 39.7 Å². The van der Waals surface area contributed by atoms with Gasteiger partial charge in [0.1, 0.15) is 0 Å². The minimum atomic E-state index is -0.570. The third-order valence-corrected chi connectivity index (χ3v) is 6.06. The molecule has 0 radical (unpaired) electrons. The summed E-state index contributed by atoms with van der Waals surface area (Å²) < 4.78 is 31.9. The smallest absolute Gasteiger partial charge is 0.309 e. The number of ether oxygens (including phenoxy) is 6. The van der Waals surface area contributed by atoms with Crippen LogP contribution in [0.2, 0.25) is 0 Å². The van der Waals surface area contributed by atoms with E-state index in [1.807, 2.05) is 24.3 Å². The van der Waals surface area contributed by atoms with E-state index < -0.39 is 23.7 Å². The molecule has 1 fully saturated rings. The van der Waals surface area contributed by atoms with Crippen molar-refractivity contribution in [3.05, 3.63) is 47.5 Å². The standard InChI is InChI=1S/C22H20O8/c1-25-21(23)19-17(11-3-5-13-15(7-11)29-9-27-13)20(22(24)26-2)18(19)12-4-6-14-16(8-12)30-10-28-14/h3-8,17-20H,9-10H2,1-2H3. The van der Waals surface area contributed by atoms with E-state index in [1.165, 1.54) is 14.2 Å². The topological polar surface area (TPSA) is 89.5 Å². The van der Waals surface area contributed by atoms with Gasteiger partial charge in [-0.1, -0.05) is 12.1 Å². The van der Waals surface area contributed by atoms with E-state index in [0.717, 1.165) is 11.1 Å². The van der Waals surface area contributed by atoms with E-state index in [2.05, 4.69) is 0 Å². The molecule has 0 amide bonds. The van der Waals surface area contributed by atoms with Crippen LogP contribution >= 0.6 is 0 Å². The first-order valence-corrected chi connectivity index (χ1v) is 9.57. The normalized spacial score (nSPS) is 25.4. The van der Waals surface area contributed by atoms with Gasteiger partial charge in [0.05, 0.1) is 26.1 Å². The maximum absolute atomic E-state index is 12.8. The van der Waals surface area contributed by atoms with Crippen molar-refractivity contribution < 1.29 is 38.0 Å². The lowest BCUT2D eigenvalue weighted by atomic mass is 9.52. The Hall–Kier alpha value is -3.42. The summed E-state index contributed by atoms with van der Waals surface area (Å²) in [6.45, 7) is 0.286. The van der Waals surface area contributed by atoms with Gasteiger partial charge in [0.2, 0.25) is 13.6 Å². The number of benzene rings is 2. The number of methoxy groups -OCH3 is 2. The molecule has 2 aromatic carbocycles. The molecule has 30 heavy (non-hydrogen) atoms. The Morgan fingerprint density at radius 3 is 1.50 bits per heavy atom. The zero-order chi connectivity index (χ0) is 20.8. The second-order valence-electron chi connectivity index (χ2n) is 7.37. The molecule has 2 aliphatic heterocycles. The largest absolute Gasteiger partial charge is 0.469 e. The van der Waals surface area contributed by atoms with Crippen LogP contribution in [0.3, 0.4) is 0 Å². The van der Waals surface area contributed by atoms with Crippen LogP contribution in [-0.2, 0) is 19.1 Å². The van der Waals surface area contributed by atoms with E-state index >= 15 is 0 Å². The molecule has 0 aromatic heterocycles. The summed E-state index contributed by atoms with van der Waals surface area (Å²) in [4.78, 5) is 25.6. The van der Waals surface area contributed by atoms with Crippen LogP contribution in [0, 0.1) is 11.8 Å². The van der Waals surface area contributed by atoms with Crippen LogP contribution in [0.1, 0.15) is 23.0 Å². The first kappa shape index (κ1) is 18.6. The Bertz CT molecular complexity index is 927. The van der Waals surface area contributed by atoms with Gasteiger partial charge >= 0.3 is 11.9 Å². The van der Waals surface area contributed by atoms with E-state index in [0.29, 0.717) is 23.0 Å². The number of hydrogen-bond donors (Lipinski definition) is 0. The maximum atomic E-state index is 12.8. The number of fused-ring (bicyclic) bond motifs is 2. The SMILES string of the molecule is COC(=O)C1C(c2ccc3c(c2)OCO3)C(C(=O)OC)C1c1ccc2c(c1)OCO2. The molecule has 1 saturated carbocycles.